The third-order valence-electron chi connectivity index (χ3n) is 1.95. The number of pyridine rings is 1. The van der Waals surface area contributed by atoms with Crippen LogP contribution in [0.4, 0.5) is 0 Å². The Morgan fingerprint density at radius 3 is 2.44 bits per heavy atom. The number of hydrogen-bond acceptors (Lipinski definition) is 2. The van der Waals surface area contributed by atoms with Gasteiger partial charge < -0.3 is 0 Å². The monoisotopic (exact) mass is 279 g/mol. The zero-order valence-corrected chi connectivity index (χ0v) is 10.0. The number of aromatic nitrogens is 1. The molecule has 0 amide bonds. The molecule has 0 saturated heterocycles. The Bertz CT molecular complexity index is 482. The van der Waals surface area contributed by atoms with E-state index in [-0.39, 0.29) is 20.5 Å². The molecule has 0 aliphatic carbocycles. The van der Waals surface area contributed by atoms with Crippen molar-refractivity contribution in [1.82, 2.24) is 4.98 Å². The minimum atomic E-state index is -0.939. The third-order valence-corrected chi connectivity index (χ3v) is 3.96. The summed E-state index contributed by atoms with van der Waals surface area (Å²) in [5.74, 6) is -0.939. The van der Waals surface area contributed by atoms with Gasteiger partial charge in [0.05, 0.1) is 0 Å². The molecule has 1 aromatic heterocycles. The average molecular weight is 278 g/mol. The second kappa shape index (κ2) is 4.92. The molecule has 0 saturated carbocycles. The molecule has 3 nitrogen and oxygen atoms in total. The number of rotatable bonds is 3. The predicted octanol–water partition coefficient (Wildman–Crippen LogP) is 0.435. The van der Waals surface area contributed by atoms with Gasteiger partial charge in [0, 0.05) is 0 Å². The van der Waals surface area contributed by atoms with Crippen molar-refractivity contribution >= 4 is 30.0 Å². The second-order valence-corrected chi connectivity index (χ2v) is 5.40. The molecular weight excluding hydrogens is 269 g/mol. The van der Waals surface area contributed by atoms with Gasteiger partial charge in [-0.05, 0) is 0 Å². The Balaban J connectivity index is 2.14. The molecule has 1 aromatic carbocycles. The molecule has 0 fully saturated rings. The van der Waals surface area contributed by atoms with Gasteiger partial charge in [0.15, 0.2) is 0 Å². The molecule has 2 rings (SSSR count). The van der Waals surface area contributed by atoms with Crippen molar-refractivity contribution in [2.75, 3.05) is 0 Å². The van der Waals surface area contributed by atoms with Crippen LogP contribution in [0, 0.1) is 0 Å². The van der Waals surface area contributed by atoms with Crippen LogP contribution >= 0.6 is 0 Å². The number of hydrogen-bond donors (Lipinski definition) is 1. The number of carbonyl (C=O) groups is 1. The number of carboxylic acid groups (broad SMARTS) is 1. The number of benzene rings is 1. The van der Waals surface area contributed by atoms with Crippen LogP contribution in [0.1, 0.15) is 10.4 Å². The van der Waals surface area contributed by atoms with Crippen molar-refractivity contribution < 1.29 is 9.90 Å². The Morgan fingerprint density at radius 2 is 1.88 bits per heavy atom. The van der Waals surface area contributed by atoms with E-state index in [0.29, 0.717) is 0 Å². The maximum atomic E-state index is 10.6. The summed E-state index contributed by atoms with van der Waals surface area (Å²) in [6, 6.07) is 13.4. The van der Waals surface area contributed by atoms with E-state index in [1.807, 2.05) is 30.3 Å². The third kappa shape index (κ3) is 2.69. The summed E-state index contributed by atoms with van der Waals surface area (Å²) in [4.78, 5) is 14.8. The summed E-state index contributed by atoms with van der Waals surface area (Å²) in [5.41, 5.74) is 0.229. The fourth-order valence-electron chi connectivity index (χ4n) is 1.18. The van der Waals surface area contributed by atoms with E-state index in [2.05, 4.69) is 4.98 Å². The quantitative estimate of drug-likeness (QED) is 0.829. The van der Waals surface area contributed by atoms with Gasteiger partial charge in [0.1, 0.15) is 0 Å². The Hall–Kier alpha value is -1.64. The van der Waals surface area contributed by atoms with Crippen molar-refractivity contribution in [3.05, 3.63) is 54.2 Å². The van der Waals surface area contributed by atoms with E-state index >= 15 is 0 Å². The molecule has 0 aliphatic rings. The molecule has 80 valence electrons. The molecule has 2 aromatic rings. The fraction of sp³-hybridized carbons (Fsp3) is 0. The van der Waals surface area contributed by atoms with Crippen LogP contribution in [-0.2, 0) is 0 Å². The van der Waals surface area contributed by atoms with Crippen LogP contribution in [0.15, 0.2) is 48.7 Å². The van der Waals surface area contributed by atoms with Gasteiger partial charge in [-0.15, -0.1) is 0 Å². The molecule has 0 bridgehead atoms. The van der Waals surface area contributed by atoms with Gasteiger partial charge in [0.2, 0.25) is 0 Å². The summed E-state index contributed by atoms with van der Waals surface area (Å²) >= 11 is 0.137. The van der Waals surface area contributed by atoms with Gasteiger partial charge in [-0.3, -0.25) is 0 Å². The van der Waals surface area contributed by atoms with E-state index in [0.717, 1.165) is 4.59 Å². The predicted molar refractivity (Wildman–Crippen MR) is 62.7 cm³/mol. The van der Waals surface area contributed by atoms with E-state index in [4.69, 9.17) is 5.11 Å². The molecule has 0 atom stereocenters. The van der Waals surface area contributed by atoms with Crippen molar-refractivity contribution in [3.8, 4) is 0 Å². The van der Waals surface area contributed by atoms with Gasteiger partial charge in [-0.2, -0.15) is 0 Å². The minimum absolute atomic E-state index is 0.137. The Labute approximate surface area is 99.3 Å². The van der Waals surface area contributed by atoms with Crippen LogP contribution in [0.2, 0.25) is 0 Å². The molecule has 0 radical (unpaired) electrons. The van der Waals surface area contributed by atoms with Crippen LogP contribution < -0.4 is 9.05 Å². The maximum absolute atomic E-state index is 10.6. The van der Waals surface area contributed by atoms with Gasteiger partial charge in [-0.25, -0.2) is 0 Å². The van der Waals surface area contributed by atoms with Crippen LogP contribution in [0.25, 0.3) is 0 Å². The van der Waals surface area contributed by atoms with E-state index in [1.54, 1.807) is 12.1 Å². The summed E-state index contributed by atoms with van der Waals surface area (Å²) in [5, 5.41) is 8.73. The molecular formula is C12H9NO2Se. The Morgan fingerprint density at radius 1 is 1.12 bits per heavy atom. The normalized spacial score (nSPS) is 10.0. The zero-order chi connectivity index (χ0) is 11.4. The SMILES string of the molecule is O=C(O)c1ccc([Se]c2ccccc2)nc1. The molecule has 16 heavy (non-hydrogen) atoms. The van der Waals surface area contributed by atoms with E-state index < -0.39 is 5.97 Å². The number of carboxylic acids is 1. The van der Waals surface area contributed by atoms with Crippen molar-refractivity contribution in [2.45, 2.75) is 0 Å². The average Bonchev–Trinajstić information content (AvgIpc) is 2.31. The van der Waals surface area contributed by atoms with Crippen molar-refractivity contribution in [2.24, 2.45) is 0 Å². The molecule has 0 aliphatic heterocycles. The van der Waals surface area contributed by atoms with E-state index in [9.17, 15) is 4.79 Å². The number of aromatic carboxylic acids is 1. The Kier molecular flexibility index (Phi) is 3.34. The zero-order valence-electron chi connectivity index (χ0n) is 8.33. The fourth-order valence-corrected chi connectivity index (χ4v) is 2.80. The topological polar surface area (TPSA) is 50.2 Å². The van der Waals surface area contributed by atoms with Crippen molar-refractivity contribution in [1.29, 1.82) is 0 Å². The van der Waals surface area contributed by atoms with Gasteiger partial charge in [-0.1, -0.05) is 0 Å². The molecule has 1 heterocycles. The van der Waals surface area contributed by atoms with E-state index in [1.165, 1.54) is 10.7 Å². The summed E-state index contributed by atoms with van der Waals surface area (Å²) in [6.07, 6.45) is 1.41. The first-order valence-corrected chi connectivity index (χ1v) is 6.39. The van der Waals surface area contributed by atoms with Crippen molar-refractivity contribution in [3.63, 3.8) is 0 Å². The van der Waals surface area contributed by atoms with Gasteiger partial charge >= 0.3 is 99.1 Å². The second-order valence-electron chi connectivity index (χ2n) is 3.11. The standard InChI is InChI=1S/C12H9NO2Se/c14-12(15)9-6-7-11(13-8-9)16-10-4-2-1-3-5-10/h1-8H,(H,14,15). The summed E-state index contributed by atoms with van der Waals surface area (Å²) < 4.78 is 2.16. The molecule has 1 N–H and O–H groups in total. The number of nitrogens with zero attached hydrogens (tertiary/aromatic N) is 1. The molecule has 0 spiro atoms. The first-order valence-electron chi connectivity index (χ1n) is 4.68. The van der Waals surface area contributed by atoms with Gasteiger partial charge in [0.25, 0.3) is 0 Å². The summed E-state index contributed by atoms with van der Waals surface area (Å²) in [6.45, 7) is 0. The summed E-state index contributed by atoms with van der Waals surface area (Å²) in [7, 11) is 0. The van der Waals surface area contributed by atoms with Crippen LogP contribution in [0.5, 0.6) is 0 Å². The van der Waals surface area contributed by atoms with Crippen LogP contribution in [0.3, 0.4) is 0 Å². The molecule has 0 unspecified atom stereocenters. The first-order chi connectivity index (χ1) is 7.75. The van der Waals surface area contributed by atoms with Crippen LogP contribution in [-0.4, -0.2) is 31.0 Å². The molecule has 4 heteroatoms. The first kappa shape index (κ1) is 10.9.